The predicted molar refractivity (Wildman–Crippen MR) is 53.2 cm³/mol. The summed E-state index contributed by atoms with van der Waals surface area (Å²) in [5, 5.41) is 9.80. The van der Waals surface area contributed by atoms with Gasteiger partial charge in [0.1, 0.15) is 10.7 Å². The lowest BCUT2D eigenvalue weighted by Gasteiger charge is -2.06. The summed E-state index contributed by atoms with van der Waals surface area (Å²) in [5.74, 6) is -0.289. The molecule has 4 heteroatoms. The lowest BCUT2D eigenvalue weighted by Crippen LogP contribution is -2.16. The lowest BCUT2D eigenvalue weighted by molar-refractivity contribution is -0.142. The average molecular weight is 201 g/mol. The number of hydrogen-bond acceptors (Lipinski definition) is 4. The number of nitrogens with zero attached hydrogens (tertiary/aromatic N) is 1. The van der Waals surface area contributed by atoms with E-state index < -0.39 is 0 Å². The maximum atomic E-state index is 11.1. The fourth-order valence-corrected chi connectivity index (χ4v) is 1.09. The Hall–Kier alpha value is -0.690. The van der Waals surface area contributed by atoms with Crippen molar-refractivity contribution in [3.63, 3.8) is 0 Å². The Balaban J connectivity index is 3.45. The van der Waals surface area contributed by atoms with Crippen LogP contribution in [0, 0.1) is 10.7 Å². The molecule has 0 N–H and O–H groups in total. The zero-order valence-corrected chi connectivity index (χ0v) is 8.89. The van der Waals surface area contributed by atoms with Crippen molar-refractivity contribution in [1.29, 1.82) is 5.26 Å². The Morgan fingerprint density at radius 1 is 1.62 bits per heavy atom. The summed E-state index contributed by atoms with van der Waals surface area (Å²) in [4.78, 5) is 11.1. The molecule has 0 aliphatic rings. The van der Waals surface area contributed by atoms with E-state index in [4.69, 9.17) is 10.00 Å². The molecule has 0 aliphatic carbocycles. The monoisotopic (exact) mass is 201 g/mol. The number of thioether (sulfide) groups is 1. The Labute approximate surface area is 83.4 Å². The minimum atomic E-state index is -0.369. The van der Waals surface area contributed by atoms with Crippen molar-refractivity contribution >= 4 is 17.7 Å². The molecular formula is C9H15NO2S. The number of rotatable bonds is 6. The van der Waals surface area contributed by atoms with Crippen LogP contribution in [0.3, 0.4) is 0 Å². The zero-order valence-electron chi connectivity index (χ0n) is 8.08. The molecule has 13 heavy (non-hydrogen) atoms. The van der Waals surface area contributed by atoms with Crippen LogP contribution in [0.2, 0.25) is 0 Å². The van der Waals surface area contributed by atoms with Crippen molar-refractivity contribution in [2.75, 3.05) is 6.61 Å². The molecular weight excluding hydrogens is 186 g/mol. The normalized spacial score (nSPS) is 11.8. The molecule has 0 amide bonds. The molecule has 0 radical (unpaired) electrons. The van der Waals surface area contributed by atoms with E-state index in [0.717, 1.165) is 31.0 Å². The molecule has 1 atom stereocenters. The number of esters is 1. The second-order valence-corrected chi connectivity index (χ2v) is 3.85. The third-order valence-electron chi connectivity index (χ3n) is 1.55. The third kappa shape index (κ3) is 6.47. The van der Waals surface area contributed by atoms with Gasteiger partial charge in [-0.3, -0.25) is 4.79 Å². The SMILES string of the molecule is CCCCCOC(=O)[C@@H](C)SC#N. The van der Waals surface area contributed by atoms with Gasteiger partial charge < -0.3 is 4.74 Å². The van der Waals surface area contributed by atoms with Crippen molar-refractivity contribution in [1.82, 2.24) is 0 Å². The fraction of sp³-hybridized carbons (Fsp3) is 0.778. The smallest absolute Gasteiger partial charge is 0.319 e. The molecule has 0 aromatic carbocycles. The van der Waals surface area contributed by atoms with E-state index in [1.807, 2.05) is 5.40 Å². The molecule has 0 unspecified atom stereocenters. The van der Waals surface area contributed by atoms with Crippen LogP contribution in [-0.2, 0) is 9.53 Å². The molecule has 0 bridgehead atoms. The van der Waals surface area contributed by atoms with Crippen LogP contribution in [0.4, 0.5) is 0 Å². The first kappa shape index (κ1) is 12.3. The Morgan fingerprint density at radius 3 is 2.85 bits per heavy atom. The summed E-state index contributed by atoms with van der Waals surface area (Å²) in [6.45, 7) is 4.25. The molecule has 0 saturated heterocycles. The molecule has 0 heterocycles. The van der Waals surface area contributed by atoms with E-state index in [1.165, 1.54) is 0 Å². The van der Waals surface area contributed by atoms with Gasteiger partial charge in [-0.25, -0.2) is 0 Å². The van der Waals surface area contributed by atoms with Crippen molar-refractivity contribution in [3.8, 4) is 5.40 Å². The van der Waals surface area contributed by atoms with Gasteiger partial charge in [-0.1, -0.05) is 19.8 Å². The van der Waals surface area contributed by atoms with Gasteiger partial charge in [0.05, 0.1) is 6.61 Å². The standard InChI is InChI=1S/C9H15NO2S/c1-3-4-5-6-12-9(11)8(2)13-7-10/h8H,3-6H2,1-2H3/t8-/m1/s1. The van der Waals surface area contributed by atoms with E-state index >= 15 is 0 Å². The van der Waals surface area contributed by atoms with Crippen LogP contribution >= 0.6 is 11.8 Å². The number of carbonyl (C=O) groups is 1. The molecule has 0 aliphatic heterocycles. The fourth-order valence-electron chi connectivity index (χ4n) is 0.769. The van der Waals surface area contributed by atoms with Crippen molar-refractivity contribution in [2.45, 2.75) is 38.4 Å². The molecule has 0 fully saturated rings. The number of unbranched alkanes of at least 4 members (excludes halogenated alkanes) is 2. The topological polar surface area (TPSA) is 50.1 Å². The van der Waals surface area contributed by atoms with Crippen LogP contribution < -0.4 is 0 Å². The molecule has 3 nitrogen and oxygen atoms in total. The zero-order chi connectivity index (χ0) is 10.1. The van der Waals surface area contributed by atoms with Crippen LogP contribution in [0.15, 0.2) is 0 Å². The number of ether oxygens (including phenoxy) is 1. The molecule has 0 aromatic heterocycles. The molecule has 74 valence electrons. The van der Waals surface area contributed by atoms with Crippen molar-refractivity contribution < 1.29 is 9.53 Å². The van der Waals surface area contributed by atoms with Gasteiger partial charge in [0, 0.05) is 0 Å². The summed E-state index contributed by atoms with van der Waals surface area (Å²) in [5.41, 5.74) is 0. The minimum Gasteiger partial charge on any atom is -0.465 e. The van der Waals surface area contributed by atoms with E-state index in [1.54, 1.807) is 6.92 Å². The quantitative estimate of drug-likeness (QED) is 0.376. The van der Waals surface area contributed by atoms with Crippen LogP contribution in [0.25, 0.3) is 0 Å². The highest BCUT2D eigenvalue weighted by atomic mass is 32.2. The van der Waals surface area contributed by atoms with E-state index in [0.29, 0.717) is 6.61 Å². The van der Waals surface area contributed by atoms with Crippen molar-refractivity contribution in [2.24, 2.45) is 0 Å². The van der Waals surface area contributed by atoms with Crippen LogP contribution in [0.1, 0.15) is 33.1 Å². The predicted octanol–water partition coefficient (Wildman–Crippen LogP) is 2.32. The summed E-state index contributed by atoms with van der Waals surface area (Å²) in [6, 6.07) is 0. The first-order valence-electron chi connectivity index (χ1n) is 4.43. The molecule has 0 spiro atoms. The van der Waals surface area contributed by atoms with Crippen molar-refractivity contribution in [3.05, 3.63) is 0 Å². The second-order valence-electron chi connectivity index (χ2n) is 2.73. The summed E-state index contributed by atoms with van der Waals surface area (Å²) >= 11 is 0.934. The summed E-state index contributed by atoms with van der Waals surface area (Å²) < 4.78 is 4.95. The van der Waals surface area contributed by atoms with Gasteiger partial charge in [0.25, 0.3) is 0 Å². The van der Waals surface area contributed by atoms with Gasteiger partial charge in [-0.05, 0) is 25.1 Å². The maximum Gasteiger partial charge on any atom is 0.319 e. The molecule has 0 aromatic rings. The summed E-state index contributed by atoms with van der Waals surface area (Å²) in [6.07, 6.45) is 3.10. The Bertz CT molecular complexity index is 189. The first-order valence-corrected chi connectivity index (χ1v) is 5.31. The average Bonchev–Trinajstić information content (AvgIpc) is 2.12. The van der Waals surface area contributed by atoms with E-state index in [9.17, 15) is 4.79 Å². The summed E-state index contributed by atoms with van der Waals surface area (Å²) in [7, 11) is 0. The van der Waals surface area contributed by atoms with Gasteiger partial charge >= 0.3 is 5.97 Å². The number of nitriles is 1. The van der Waals surface area contributed by atoms with Gasteiger partial charge in [0.15, 0.2) is 0 Å². The third-order valence-corrected chi connectivity index (χ3v) is 2.21. The lowest BCUT2D eigenvalue weighted by atomic mass is 10.3. The Morgan fingerprint density at radius 2 is 2.31 bits per heavy atom. The highest BCUT2D eigenvalue weighted by Crippen LogP contribution is 2.09. The maximum absolute atomic E-state index is 11.1. The molecule has 0 saturated carbocycles. The van der Waals surface area contributed by atoms with E-state index in [2.05, 4.69) is 6.92 Å². The number of carbonyl (C=O) groups excluding carboxylic acids is 1. The van der Waals surface area contributed by atoms with Gasteiger partial charge in [-0.2, -0.15) is 5.26 Å². The largest absolute Gasteiger partial charge is 0.465 e. The number of thiocyanates is 1. The highest BCUT2D eigenvalue weighted by Gasteiger charge is 2.13. The van der Waals surface area contributed by atoms with Crippen LogP contribution in [-0.4, -0.2) is 17.8 Å². The second kappa shape index (κ2) is 7.93. The number of hydrogen-bond donors (Lipinski definition) is 0. The minimum absolute atomic E-state index is 0.289. The molecule has 0 rings (SSSR count). The van der Waals surface area contributed by atoms with E-state index in [-0.39, 0.29) is 11.2 Å². The van der Waals surface area contributed by atoms with Crippen LogP contribution in [0.5, 0.6) is 0 Å². The van der Waals surface area contributed by atoms with Gasteiger partial charge in [-0.15, -0.1) is 0 Å². The highest BCUT2D eigenvalue weighted by molar-refractivity contribution is 8.04. The Kier molecular flexibility index (Phi) is 7.51. The first-order chi connectivity index (χ1) is 6.22. The van der Waals surface area contributed by atoms with Gasteiger partial charge in [0.2, 0.25) is 0 Å².